The van der Waals surface area contributed by atoms with Crippen LogP contribution >= 0.6 is 11.8 Å². The van der Waals surface area contributed by atoms with Crippen molar-refractivity contribution in [2.75, 3.05) is 18.9 Å². The zero-order chi connectivity index (χ0) is 11.7. The molecule has 1 aromatic carbocycles. The van der Waals surface area contributed by atoms with E-state index in [0.717, 1.165) is 6.07 Å². The normalized spacial score (nSPS) is 15.8. The number of nitrogens with two attached hydrogens (primary N) is 2. The number of benzene rings is 1. The molecule has 1 amide bonds. The van der Waals surface area contributed by atoms with E-state index in [1.54, 1.807) is 0 Å². The van der Waals surface area contributed by atoms with Gasteiger partial charge in [0.05, 0.1) is 24.0 Å². The van der Waals surface area contributed by atoms with Crippen LogP contribution in [0.3, 0.4) is 0 Å². The van der Waals surface area contributed by atoms with Gasteiger partial charge in [-0.1, -0.05) is 0 Å². The van der Waals surface area contributed by atoms with Crippen LogP contribution in [-0.4, -0.2) is 24.4 Å². The smallest absolute Gasteiger partial charge is 0.250 e. The number of primary amides is 1. The standard InChI is InChI=1S/C10H11FN2O2S/c11-7-2-8(12)6(10(13)14)1-9(7)16-5-3-15-4-5/h1-2,5H,3-4,12H2,(H2,13,14). The van der Waals surface area contributed by atoms with Gasteiger partial charge in [-0.05, 0) is 12.1 Å². The number of rotatable bonds is 3. The van der Waals surface area contributed by atoms with Crippen molar-refractivity contribution in [3.8, 4) is 0 Å². The van der Waals surface area contributed by atoms with E-state index in [9.17, 15) is 9.18 Å². The first kappa shape index (κ1) is 11.2. The van der Waals surface area contributed by atoms with Gasteiger partial charge in [0, 0.05) is 10.6 Å². The molecule has 6 heteroatoms. The monoisotopic (exact) mass is 242 g/mol. The molecule has 4 N–H and O–H groups in total. The number of hydrogen-bond acceptors (Lipinski definition) is 4. The summed E-state index contributed by atoms with van der Waals surface area (Å²) in [5, 5.41) is 0.235. The number of ether oxygens (including phenoxy) is 1. The average Bonchev–Trinajstić information content (AvgIpc) is 2.13. The van der Waals surface area contributed by atoms with Crippen molar-refractivity contribution in [2.24, 2.45) is 5.73 Å². The van der Waals surface area contributed by atoms with Crippen LogP contribution in [0.15, 0.2) is 17.0 Å². The van der Waals surface area contributed by atoms with E-state index in [1.807, 2.05) is 0 Å². The van der Waals surface area contributed by atoms with Gasteiger partial charge in [0.1, 0.15) is 5.82 Å². The third-order valence-electron chi connectivity index (χ3n) is 2.27. The lowest BCUT2D eigenvalue weighted by Crippen LogP contribution is -2.30. The molecule has 4 nitrogen and oxygen atoms in total. The minimum absolute atomic E-state index is 0.0687. The predicted molar refractivity (Wildman–Crippen MR) is 59.8 cm³/mol. The lowest BCUT2D eigenvalue weighted by atomic mass is 10.1. The van der Waals surface area contributed by atoms with E-state index in [4.69, 9.17) is 16.2 Å². The molecule has 0 radical (unpaired) electrons. The maximum atomic E-state index is 13.5. The second-order valence-corrected chi connectivity index (χ2v) is 4.85. The molecule has 0 unspecified atom stereocenters. The van der Waals surface area contributed by atoms with Crippen LogP contribution < -0.4 is 11.5 Å². The maximum absolute atomic E-state index is 13.5. The van der Waals surface area contributed by atoms with Crippen LogP contribution in [-0.2, 0) is 4.74 Å². The van der Waals surface area contributed by atoms with E-state index >= 15 is 0 Å². The molecule has 0 bridgehead atoms. The Balaban J connectivity index is 2.28. The Kier molecular flexibility index (Phi) is 3.02. The van der Waals surface area contributed by atoms with Gasteiger partial charge >= 0.3 is 0 Å². The summed E-state index contributed by atoms with van der Waals surface area (Å²) in [6.07, 6.45) is 0. The molecule has 1 aliphatic rings. The van der Waals surface area contributed by atoms with E-state index in [0.29, 0.717) is 18.1 Å². The molecule has 1 aliphatic heterocycles. The Morgan fingerprint density at radius 1 is 1.50 bits per heavy atom. The molecule has 0 saturated carbocycles. The molecule has 1 aromatic rings. The molecule has 16 heavy (non-hydrogen) atoms. The summed E-state index contributed by atoms with van der Waals surface area (Å²) >= 11 is 1.33. The second-order valence-electron chi connectivity index (χ2n) is 3.51. The van der Waals surface area contributed by atoms with Gasteiger partial charge in [0.15, 0.2) is 0 Å². The van der Waals surface area contributed by atoms with Crippen molar-refractivity contribution in [3.05, 3.63) is 23.5 Å². The largest absolute Gasteiger partial charge is 0.398 e. The highest BCUT2D eigenvalue weighted by Gasteiger charge is 2.22. The first-order valence-electron chi connectivity index (χ1n) is 4.71. The van der Waals surface area contributed by atoms with Crippen LogP contribution in [0.2, 0.25) is 0 Å². The van der Waals surface area contributed by atoms with E-state index in [2.05, 4.69) is 0 Å². The van der Waals surface area contributed by atoms with Gasteiger partial charge in [-0.3, -0.25) is 4.79 Å². The van der Waals surface area contributed by atoms with E-state index in [1.165, 1.54) is 17.8 Å². The van der Waals surface area contributed by atoms with Gasteiger partial charge < -0.3 is 16.2 Å². The van der Waals surface area contributed by atoms with Gasteiger partial charge in [-0.15, -0.1) is 11.8 Å². The molecule has 1 fully saturated rings. The Morgan fingerprint density at radius 3 is 2.69 bits per heavy atom. The zero-order valence-corrected chi connectivity index (χ0v) is 9.22. The second kappa shape index (κ2) is 4.31. The van der Waals surface area contributed by atoms with Gasteiger partial charge in [0.25, 0.3) is 5.91 Å². The number of carbonyl (C=O) groups excluding carboxylic acids is 1. The average molecular weight is 242 g/mol. The van der Waals surface area contributed by atoms with Crippen molar-refractivity contribution in [3.63, 3.8) is 0 Å². The Bertz CT molecular complexity index is 435. The minimum Gasteiger partial charge on any atom is -0.398 e. The molecule has 0 atom stereocenters. The highest BCUT2D eigenvalue weighted by atomic mass is 32.2. The first-order chi connectivity index (χ1) is 7.58. The van der Waals surface area contributed by atoms with Crippen LogP contribution in [0.25, 0.3) is 0 Å². The molecule has 1 heterocycles. The molecule has 2 rings (SSSR count). The summed E-state index contributed by atoms with van der Waals surface area (Å²) in [4.78, 5) is 11.4. The Morgan fingerprint density at radius 2 is 2.19 bits per heavy atom. The molecule has 1 saturated heterocycles. The minimum atomic E-state index is -0.649. The molecule has 0 aliphatic carbocycles. The summed E-state index contributed by atoms with van der Waals surface area (Å²) in [6.45, 7) is 1.20. The predicted octanol–water partition coefficient (Wildman–Crippen LogP) is 0.998. The van der Waals surface area contributed by atoms with E-state index in [-0.39, 0.29) is 16.5 Å². The molecule has 86 valence electrons. The fourth-order valence-electron chi connectivity index (χ4n) is 1.33. The van der Waals surface area contributed by atoms with E-state index < -0.39 is 11.7 Å². The number of nitrogen functional groups attached to an aromatic ring is 1. The van der Waals surface area contributed by atoms with Crippen LogP contribution in [0.1, 0.15) is 10.4 Å². The zero-order valence-electron chi connectivity index (χ0n) is 8.40. The van der Waals surface area contributed by atoms with Gasteiger partial charge in [-0.25, -0.2) is 4.39 Å². The van der Waals surface area contributed by atoms with Gasteiger partial charge in [-0.2, -0.15) is 0 Å². The number of anilines is 1. The highest BCUT2D eigenvalue weighted by molar-refractivity contribution is 8.00. The van der Waals surface area contributed by atoms with Crippen molar-refractivity contribution in [1.29, 1.82) is 0 Å². The first-order valence-corrected chi connectivity index (χ1v) is 5.59. The number of amides is 1. The molecule has 0 aromatic heterocycles. The lowest BCUT2D eigenvalue weighted by Gasteiger charge is -2.25. The van der Waals surface area contributed by atoms with Gasteiger partial charge in [0.2, 0.25) is 0 Å². The van der Waals surface area contributed by atoms with Crippen molar-refractivity contribution < 1.29 is 13.9 Å². The number of carbonyl (C=O) groups is 1. The lowest BCUT2D eigenvalue weighted by molar-refractivity contribution is 0.0455. The van der Waals surface area contributed by atoms with Crippen LogP contribution in [0, 0.1) is 5.82 Å². The van der Waals surface area contributed by atoms with Crippen molar-refractivity contribution in [1.82, 2.24) is 0 Å². The fraction of sp³-hybridized carbons (Fsp3) is 0.300. The fourth-order valence-corrected chi connectivity index (χ4v) is 2.38. The Labute approximate surface area is 96.1 Å². The quantitative estimate of drug-likeness (QED) is 0.775. The Hall–Kier alpha value is -1.27. The molecular formula is C10H11FN2O2S. The summed E-state index contributed by atoms with van der Waals surface area (Å²) < 4.78 is 18.5. The third kappa shape index (κ3) is 2.12. The summed E-state index contributed by atoms with van der Waals surface area (Å²) in [5.74, 6) is -1.08. The summed E-state index contributed by atoms with van der Waals surface area (Å²) in [6, 6.07) is 2.53. The SMILES string of the molecule is NC(=O)c1cc(SC2COC2)c(F)cc1N. The molecular weight excluding hydrogens is 231 g/mol. The highest BCUT2D eigenvalue weighted by Crippen LogP contribution is 2.32. The summed E-state index contributed by atoms with van der Waals surface area (Å²) in [5.41, 5.74) is 10.9. The van der Waals surface area contributed by atoms with Crippen molar-refractivity contribution in [2.45, 2.75) is 10.1 Å². The van der Waals surface area contributed by atoms with Crippen LogP contribution in [0.4, 0.5) is 10.1 Å². The van der Waals surface area contributed by atoms with Crippen LogP contribution in [0.5, 0.6) is 0 Å². The topological polar surface area (TPSA) is 78.3 Å². The maximum Gasteiger partial charge on any atom is 0.250 e. The number of hydrogen-bond donors (Lipinski definition) is 2. The number of halogens is 1. The number of thioether (sulfide) groups is 1. The third-order valence-corrected chi connectivity index (χ3v) is 3.44. The molecule has 0 spiro atoms. The summed E-state index contributed by atoms with van der Waals surface area (Å²) in [7, 11) is 0. The van der Waals surface area contributed by atoms with Crippen molar-refractivity contribution >= 4 is 23.4 Å².